The Hall–Kier alpha value is 0.0100. The van der Waals surface area contributed by atoms with Crippen molar-refractivity contribution in [2.45, 2.75) is 19.4 Å². The predicted octanol–water partition coefficient (Wildman–Crippen LogP) is 1.59. The summed E-state index contributed by atoms with van der Waals surface area (Å²) in [6.45, 7) is 9.25. The molecule has 0 aromatic carbocycles. The van der Waals surface area contributed by atoms with Crippen LogP contribution in [-0.4, -0.2) is 49.1 Å². The molecule has 1 atom stereocenters. The third kappa shape index (κ3) is 4.03. The first-order valence-corrected chi connectivity index (χ1v) is 6.55. The number of nitrogens with zero attached hydrogens (tertiary/aromatic N) is 1. The maximum atomic E-state index is 4.09. The number of likely N-dealkylation sites (N-methyl/N-ethyl adjacent to an activating group) is 2. The second-order valence-corrected chi connectivity index (χ2v) is 5.11. The van der Waals surface area contributed by atoms with Crippen molar-refractivity contribution in [2.24, 2.45) is 0 Å². The van der Waals surface area contributed by atoms with Crippen LogP contribution < -0.4 is 5.32 Å². The topological polar surface area (TPSA) is 15.3 Å². The number of hydrogen-bond acceptors (Lipinski definition) is 3. The largest absolute Gasteiger partial charge is 0.313 e. The van der Waals surface area contributed by atoms with E-state index in [-0.39, 0.29) is 0 Å². The van der Waals surface area contributed by atoms with E-state index < -0.39 is 0 Å². The second kappa shape index (κ2) is 6.49. The monoisotopic (exact) mass is 214 g/mol. The van der Waals surface area contributed by atoms with Crippen LogP contribution in [-0.2, 0) is 0 Å². The number of hydrogen-bond donors (Lipinski definition) is 1. The van der Waals surface area contributed by atoms with Crippen LogP contribution in [0.2, 0.25) is 0 Å². The third-order valence-electron chi connectivity index (χ3n) is 2.63. The van der Waals surface area contributed by atoms with Gasteiger partial charge in [-0.2, -0.15) is 11.8 Å². The van der Waals surface area contributed by atoms with Gasteiger partial charge in [-0.1, -0.05) is 13.5 Å². The van der Waals surface area contributed by atoms with E-state index in [0.717, 1.165) is 25.7 Å². The molecule has 1 unspecified atom stereocenters. The van der Waals surface area contributed by atoms with Gasteiger partial charge in [0.2, 0.25) is 0 Å². The highest BCUT2D eigenvalue weighted by Gasteiger charge is 2.19. The Balaban J connectivity index is 2.18. The lowest BCUT2D eigenvalue weighted by Gasteiger charge is -2.24. The van der Waals surface area contributed by atoms with Gasteiger partial charge in [0.15, 0.2) is 0 Å². The fourth-order valence-corrected chi connectivity index (χ4v) is 3.01. The number of thioether (sulfide) groups is 1. The van der Waals surface area contributed by atoms with Crippen molar-refractivity contribution in [3.8, 4) is 0 Å². The first-order chi connectivity index (χ1) is 6.74. The molecule has 3 heteroatoms. The van der Waals surface area contributed by atoms with Gasteiger partial charge in [-0.3, -0.25) is 4.90 Å². The maximum Gasteiger partial charge on any atom is 0.0203 e. The highest BCUT2D eigenvalue weighted by molar-refractivity contribution is 7.99. The van der Waals surface area contributed by atoms with Gasteiger partial charge >= 0.3 is 0 Å². The molecule has 1 aliphatic heterocycles. The molecule has 0 radical (unpaired) electrons. The summed E-state index contributed by atoms with van der Waals surface area (Å²) in [5.74, 6) is 2.62. The number of nitrogens with one attached hydrogen (secondary N) is 1. The van der Waals surface area contributed by atoms with Gasteiger partial charge in [0.25, 0.3) is 0 Å². The molecule has 2 nitrogen and oxygen atoms in total. The van der Waals surface area contributed by atoms with Crippen LogP contribution in [0.15, 0.2) is 12.2 Å². The van der Waals surface area contributed by atoms with Gasteiger partial charge in [0.1, 0.15) is 0 Å². The van der Waals surface area contributed by atoms with Crippen LogP contribution in [0.4, 0.5) is 0 Å². The van der Waals surface area contributed by atoms with E-state index >= 15 is 0 Å². The fraction of sp³-hybridized carbons (Fsp3) is 0.818. The lowest BCUT2D eigenvalue weighted by Crippen LogP contribution is -2.34. The van der Waals surface area contributed by atoms with E-state index in [1.54, 1.807) is 0 Å². The van der Waals surface area contributed by atoms with Crippen LogP contribution in [0.3, 0.4) is 0 Å². The minimum absolute atomic E-state index is 0.776. The Bertz CT molecular complexity index is 176. The highest BCUT2D eigenvalue weighted by atomic mass is 32.2. The van der Waals surface area contributed by atoms with Crippen LogP contribution in [0.1, 0.15) is 13.3 Å². The lowest BCUT2D eigenvalue weighted by molar-refractivity contribution is 0.282. The standard InChI is InChI=1S/C11H22N2S/c1-4-12-7-10(2)8-13(3)11-5-6-14-9-11/h11-12H,2,4-9H2,1,3H3. The van der Waals surface area contributed by atoms with Crippen molar-refractivity contribution in [1.82, 2.24) is 10.2 Å². The Morgan fingerprint density at radius 1 is 1.64 bits per heavy atom. The van der Waals surface area contributed by atoms with E-state index in [4.69, 9.17) is 0 Å². The van der Waals surface area contributed by atoms with Crippen molar-refractivity contribution < 1.29 is 0 Å². The molecule has 0 aliphatic carbocycles. The SMILES string of the molecule is C=C(CNCC)CN(C)C1CCSC1. The van der Waals surface area contributed by atoms with Crippen molar-refractivity contribution in [3.05, 3.63) is 12.2 Å². The summed E-state index contributed by atoms with van der Waals surface area (Å²) < 4.78 is 0. The van der Waals surface area contributed by atoms with Gasteiger partial charge < -0.3 is 5.32 Å². The summed E-state index contributed by atoms with van der Waals surface area (Å²) >= 11 is 2.07. The minimum Gasteiger partial charge on any atom is -0.313 e. The maximum absolute atomic E-state index is 4.09. The summed E-state index contributed by atoms with van der Waals surface area (Å²) in [5.41, 5.74) is 1.30. The zero-order valence-electron chi connectivity index (χ0n) is 9.38. The van der Waals surface area contributed by atoms with Crippen LogP contribution >= 0.6 is 11.8 Å². The zero-order valence-corrected chi connectivity index (χ0v) is 10.2. The molecule has 1 rings (SSSR count). The van der Waals surface area contributed by atoms with E-state index in [1.165, 1.54) is 23.5 Å². The molecule has 1 heterocycles. The van der Waals surface area contributed by atoms with E-state index in [2.05, 4.69) is 42.5 Å². The van der Waals surface area contributed by atoms with E-state index in [9.17, 15) is 0 Å². The Kier molecular flexibility index (Phi) is 5.60. The van der Waals surface area contributed by atoms with Gasteiger partial charge in [0, 0.05) is 24.9 Å². The minimum atomic E-state index is 0.776. The van der Waals surface area contributed by atoms with Crippen molar-refractivity contribution in [3.63, 3.8) is 0 Å². The highest BCUT2D eigenvalue weighted by Crippen LogP contribution is 2.21. The molecule has 0 aromatic heterocycles. The molecule has 0 bridgehead atoms. The van der Waals surface area contributed by atoms with E-state index in [0.29, 0.717) is 0 Å². The van der Waals surface area contributed by atoms with Crippen molar-refractivity contribution >= 4 is 11.8 Å². The summed E-state index contributed by atoms with van der Waals surface area (Å²) in [5, 5.41) is 3.31. The van der Waals surface area contributed by atoms with Crippen LogP contribution in [0.25, 0.3) is 0 Å². The van der Waals surface area contributed by atoms with Gasteiger partial charge in [-0.05, 0) is 31.3 Å². The molecular formula is C11H22N2S. The van der Waals surface area contributed by atoms with Gasteiger partial charge in [0.05, 0.1) is 0 Å². The molecule has 1 fully saturated rings. The van der Waals surface area contributed by atoms with Crippen LogP contribution in [0.5, 0.6) is 0 Å². The fourth-order valence-electron chi connectivity index (χ4n) is 1.71. The molecular weight excluding hydrogens is 192 g/mol. The summed E-state index contributed by atoms with van der Waals surface area (Å²) in [7, 11) is 2.22. The first kappa shape index (κ1) is 12.1. The van der Waals surface area contributed by atoms with E-state index in [1.807, 2.05) is 0 Å². The summed E-state index contributed by atoms with van der Waals surface area (Å²) in [6.07, 6.45) is 1.34. The molecule has 0 aromatic rings. The first-order valence-electron chi connectivity index (χ1n) is 5.39. The zero-order chi connectivity index (χ0) is 10.4. The summed E-state index contributed by atoms with van der Waals surface area (Å²) in [4.78, 5) is 2.44. The molecule has 0 amide bonds. The molecule has 82 valence electrons. The van der Waals surface area contributed by atoms with Gasteiger partial charge in [-0.15, -0.1) is 0 Å². The number of rotatable bonds is 6. The average Bonchev–Trinajstić information content (AvgIpc) is 2.67. The molecule has 0 saturated carbocycles. The Morgan fingerprint density at radius 3 is 3.00 bits per heavy atom. The second-order valence-electron chi connectivity index (χ2n) is 3.96. The third-order valence-corrected chi connectivity index (χ3v) is 3.77. The quantitative estimate of drug-likeness (QED) is 0.676. The predicted molar refractivity (Wildman–Crippen MR) is 66.0 cm³/mol. The molecule has 14 heavy (non-hydrogen) atoms. The Morgan fingerprint density at radius 2 is 2.43 bits per heavy atom. The lowest BCUT2D eigenvalue weighted by atomic mass is 10.2. The van der Waals surface area contributed by atoms with Crippen molar-refractivity contribution in [1.29, 1.82) is 0 Å². The normalized spacial score (nSPS) is 21.8. The molecule has 0 spiro atoms. The van der Waals surface area contributed by atoms with Gasteiger partial charge in [-0.25, -0.2) is 0 Å². The molecule has 1 saturated heterocycles. The summed E-state index contributed by atoms with van der Waals surface area (Å²) in [6, 6.07) is 0.776. The smallest absolute Gasteiger partial charge is 0.0203 e. The molecule has 1 aliphatic rings. The van der Waals surface area contributed by atoms with Crippen molar-refractivity contribution in [2.75, 3.05) is 38.2 Å². The van der Waals surface area contributed by atoms with Crippen LogP contribution in [0, 0.1) is 0 Å². The average molecular weight is 214 g/mol. The Labute approximate surface area is 92.1 Å². The molecule has 1 N–H and O–H groups in total.